The van der Waals surface area contributed by atoms with Crippen molar-refractivity contribution in [1.82, 2.24) is 9.88 Å². The van der Waals surface area contributed by atoms with Gasteiger partial charge >= 0.3 is 5.69 Å². The third kappa shape index (κ3) is 4.61. The first kappa shape index (κ1) is 16.7. The number of nitro groups is 1. The van der Waals surface area contributed by atoms with Gasteiger partial charge in [-0.15, -0.1) is 0 Å². The molecule has 0 atom stereocenters. The molecule has 0 saturated heterocycles. The number of halogens is 1. The molecule has 1 aromatic heterocycles. The summed E-state index contributed by atoms with van der Waals surface area (Å²) in [5, 5.41) is 14.2. The largest absolute Gasteiger partial charge is 0.363 e. The van der Waals surface area contributed by atoms with Crippen molar-refractivity contribution in [2.45, 2.75) is 39.8 Å². The van der Waals surface area contributed by atoms with Gasteiger partial charge in [-0.2, -0.15) is 0 Å². The molecular weight excluding hydrogens is 280 g/mol. The standard InChI is InChI=1S/C13H21ClN4O2/c1-9(2)17(10(3)4)8-7-15-13-11(18(19)20)5-6-12(14)16-13/h5-6,9-10H,7-8H2,1-4H3,(H,15,16). The van der Waals surface area contributed by atoms with E-state index < -0.39 is 4.92 Å². The quantitative estimate of drug-likeness (QED) is 0.476. The Hall–Kier alpha value is -1.40. The van der Waals surface area contributed by atoms with Crippen LogP contribution in [0.4, 0.5) is 11.5 Å². The van der Waals surface area contributed by atoms with Crippen LogP contribution in [0.5, 0.6) is 0 Å². The third-order valence-corrected chi connectivity index (χ3v) is 3.24. The number of aromatic nitrogens is 1. The van der Waals surface area contributed by atoms with Gasteiger partial charge in [0.1, 0.15) is 5.15 Å². The van der Waals surface area contributed by atoms with Crippen LogP contribution < -0.4 is 5.32 Å². The molecule has 0 radical (unpaired) electrons. The molecule has 1 aromatic rings. The molecule has 1 heterocycles. The Bertz CT molecular complexity index is 458. The molecule has 0 saturated carbocycles. The molecule has 0 fully saturated rings. The molecule has 6 nitrogen and oxygen atoms in total. The topological polar surface area (TPSA) is 71.3 Å². The highest BCUT2D eigenvalue weighted by atomic mass is 35.5. The van der Waals surface area contributed by atoms with Crippen LogP contribution in [0, 0.1) is 10.1 Å². The van der Waals surface area contributed by atoms with Crippen molar-refractivity contribution in [2.24, 2.45) is 0 Å². The zero-order chi connectivity index (χ0) is 15.3. The number of rotatable bonds is 7. The lowest BCUT2D eigenvalue weighted by Crippen LogP contribution is -2.40. The minimum absolute atomic E-state index is 0.0601. The lowest BCUT2D eigenvalue weighted by atomic mass is 10.2. The van der Waals surface area contributed by atoms with Gasteiger partial charge in [0.25, 0.3) is 0 Å². The average Bonchev–Trinajstić information content (AvgIpc) is 2.33. The second-order valence-corrected chi connectivity index (χ2v) is 5.50. The predicted molar refractivity (Wildman–Crippen MR) is 81.4 cm³/mol. The first-order valence-electron chi connectivity index (χ1n) is 6.63. The summed E-state index contributed by atoms with van der Waals surface area (Å²) >= 11 is 5.78. The van der Waals surface area contributed by atoms with Crippen molar-refractivity contribution in [3.63, 3.8) is 0 Å². The van der Waals surface area contributed by atoms with E-state index in [0.29, 0.717) is 18.6 Å². The van der Waals surface area contributed by atoms with Crippen molar-refractivity contribution in [1.29, 1.82) is 0 Å². The first-order valence-corrected chi connectivity index (χ1v) is 7.01. The molecule has 20 heavy (non-hydrogen) atoms. The van der Waals surface area contributed by atoms with Gasteiger partial charge in [-0.25, -0.2) is 4.98 Å². The van der Waals surface area contributed by atoms with E-state index in [4.69, 9.17) is 11.6 Å². The highest BCUT2D eigenvalue weighted by molar-refractivity contribution is 6.29. The third-order valence-electron chi connectivity index (χ3n) is 3.03. The van der Waals surface area contributed by atoms with Gasteiger partial charge in [0.2, 0.25) is 5.82 Å². The lowest BCUT2D eigenvalue weighted by Gasteiger charge is -2.30. The highest BCUT2D eigenvalue weighted by Gasteiger charge is 2.17. The van der Waals surface area contributed by atoms with E-state index in [0.717, 1.165) is 6.54 Å². The van der Waals surface area contributed by atoms with Crippen molar-refractivity contribution in [3.05, 3.63) is 27.4 Å². The van der Waals surface area contributed by atoms with E-state index in [9.17, 15) is 10.1 Å². The first-order chi connectivity index (χ1) is 9.32. The van der Waals surface area contributed by atoms with Gasteiger partial charge in [-0.05, 0) is 33.8 Å². The monoisotopic (exact) mass is 300 g/mol. The van der Waals surface area contributed by atoms with Gasteiger partial charge in [0, 0.05) is 31.2 Å². The summed E-state index contributed by atoms with van der Waals surface area (Å²) in [7, 11) is 0. The van der Waals surface area contributed by atoms with Crippen LogP contribution in [0.3, 0.4) is 0 Å². The summed E-state index contributed by atoms with van der Waals surface area (Å²) in [4.78, 5) is 16.7. The molecule has 0 aliphatic carbocycles. The minimum atomic E-state index is -0.464. The molecule has 0 aromatic carbocycles. The summed E-state index contributed by atoms with van der Waals surface area (Å²) in [6.07, 6.45) is 0. The van der Waals surface area contributed by atoms with E-state index in [-0.39, 0.29) is 16.7 Å². The number of anilines is 1. The second kappa shape index (κ2) is 7.40. The molecule has 0 amide bonds. The fraction of sp³-hybridized carbons (Fsp3) is 0.615. The SMILES string of the molecule is CC(C)N(CCNc1nc(Cl)ccc1[N+](=O)[O-])C(C)C. The van der Waals surface area contributed by atoms with Crippen molar-refractivity contribution in [2.75, 3.05) is 18.4 Å². The number of pyridine rings is 1. The Morgan fingerprint density at radius 1 is 1.35 bits per heavy atom. The maximum Gasteiger partial charge on any atom is 0.311 e. The summed E-state index contributed by atoms with van der Waals surface area (Å²) < 4.78 is 0. The van der Waals surface area contributed by atoms with E-state index in [2.05, 4.69) is 42.9 Å². The van der Waals surface area contributed by atoms with Crippen LogP contribution in [0.2, 0.25) is 5.15 Å². The molecule has 1 rings (SSSR count). The average molecular weight is 301 g/mol. The molecule has 112 valence electrons. The smallest absolute Gasteiger partial charge is 0.311 e. The molecule has 0 aliphatic heterocycles. The number of nitrogens with one attached hydrogen (secondary N) is 1. The Morgan fingerprint density at radius 3 is 2.45 bits per heavy atom. The van der Waals surface area contributed by atoms with Crippen LogP contribution in [-0.4, -0.2) is 40.0 Å². The zero-order valence-electron chi connectivity index (χ0n) is 12.3. The van der Waals surface area contributed by atoms with Gasteiger partial charge in [0.05, 0.1) is 4.92 Å². The second-order valence-electron chi connectivity index (χ2n) is 5.11. The maximum atomic E-state index is 10.9. The molecule has 1 N–H and O–H groups in total. The summed E-state index contributed by atoms with van der Waals surface area (Å²) in [6, 6.07) is 3.61. The molecule has 7 heteroatoms. The van der Waals surface area contributed by atoms with E-state index in [1.807, 2.05) is 0 Å². The summed E-state index contributed by atoms with van der Waals surface area (Å²) in [5.74, 6) is 0.218. The van der Waals surface area contributed by atoms with Crippen LogP contribution >= 0.6 is 11.6 Å². The van der Waals surface area contributed by atoms with Crippen LogP contribution in [-0.2, 0) is 0 Å². The van der Waals surface area contributed by atoms with Crippen molar-refractivity contribution in [3.8, 4) is 0 Å². The summed E-state index contributed by atoms with van der Waals surface area (Å²) in [6.45, 7) is 9.85. The Balaban J connectivity index is 2.70. The highest BCUT2D eigenvalue weighted by Crippen LogP contribution is 2.23. The Kier molecular flexibility index (Phi) is 6.16. The van der Waals surface area contributed by atoms with Gasteiger partial charge in [-0.3, -0.25) is 15.0 Å². The van der Waals surface area contributed by atoms with Crippen LogP contribution in [0.1, 0.15) is 27.7 Å². The van der Waals surface area contributed by atoms with Crippen molar-refractivity contribution < 1.29 is 4.92 Å². The van der Waals surface area contributed by atoms with Crippen LogP contribution in [0.15, 0.2) is 12.1 Å². The molecule has 0 aliphatic rings. The minimum Gasteiger partial charge on any atom is -0.363 e. The zero-order valence-corrected chi connectivity index (χ0v) is 13.0. The predicted octanol–water partition coefficient (Wildman–Crippen LogP) is 3.17. The van der Waals surface area contributed by atoms with E-state index in [1.165, 1.54) is 12.1 Å². The molecular formula is C13H21ClN4O2. The Labute approximate surface area is 124 Å². The van der Waals surface area contributed by atoms with Crippen molar-refractivity contribution >= 4 is 23.1 Å². The van der Waals surface area contributed by atoms with E-state index in [1.54, 1.807) is 0 Å². The number of hydrogen-bond donors (Lipinski definition) is 1. The molecule has 0 bridgehead atoms. The number of nitrogens with zero attached hydrogens (tertiary/aromatic N) is 3. The maximum absolute atomic E-state index is 10.9. The number of hydrogen-bond acceptors (Lipinski definition) is 5. The lowest BCUT2D eigenvalue weighted by molar-refractivity contribution is -0.384. The fourth-order valence-corrected chi connectivity index (χ4v) is 2.27. The molecule has 0 spiro atoms. The summed E-state index contributed by atoms with van der Waals surface area (Å²) in [5.41, 5.74) is -0.0601. The fourth-order valence-electron chi connectivity index (χ4n) is 2.12. The molecule has 0 unspecified atom stereocenters. The van der Waals surface area contributed by atoms with E-state index >= 15 is 0 Å². The van der Waals surface area contributed by atoms with Gasteiger partial charge in [-0.1, -0.05) is 11.6 Å². The normalized spacial score (nSPS) is 11.4. The van der Waals surface area contributed by atoms with Crippen LogP contribution in [0.25, 0.3) is 0 Å². The van der Waals surface area contributed by atoms with Gasteiger partial charge < -0.3 is 5.32 Å². The van der Waals surface area contributed by atoms with Gasteiger partial charge in [0.15, 0.2) is 0 Å². The Morgan fingerprint density at radius 2 is 1.95 bits per heavy atom.